The average molecular weight is 201 g/mol. The standard InChI is InChI=1S/C13H15NO/c1-7-8(2)10(4)13(12(15)6-14)11(5)9(7)3/h1-5H3. The topological polar surface area (TPSA) is 40.9 Å². The van der Waals surface area contributed by atoms with Crippen molar-refractivity contribution in [2.45, 2.75) is 34.6 Å². The van der Waals surface area contributed by atoms with Crippen molar-refractivity contribution >= 4 is 5.78 Å². The van der Waals surface area contributed by atoms with E-state index in [2.05, 4.69) is 0 Å². The second kappa shape index (κ2) is 3.86. The summed E-state index contributed by atoms with van der Waals surface area (Å²) in [6, 6.07) is 1.70. The number of hydrogen-bond donors (Lipinski definition) is 0. The predicted molar refractivity (Wildman–Crippen MR) is 60.1 cm³/mol. The molecule has 0 N–H and O–H groups in total. The summed E-state index contributed by atoms with van der Waals surface area (Å²) in [4.78, 5) is 11.5. The van der Waals surface area contributed by atoms with Crippen molar-refractivity contribution in [3.63, 3.8) is 0 Å². The molecule has 0 unspecified atom stereocenters. The summed E-state index contributed by atoms with van der Waals surface area (Å²) in [7, 11) is 0. The van der Waals surface area contributed by atoms with Gasteiger partial charge in [-0.3, -0.25) is 4.79 Å². The smallest absolute Gasteiger partial charge is 0.262 e. The zero-order valence-corrected chi connectivity index (χ0v) is 9.86. The highest BCUT2D eigenvalue weighted by Crippen LogP contribution is 2.26. The first-order valence-corrected chi connectivity index (χ1v) is 4.93. The number of nitriles is 1. The van der Waals surface area contributed by atoms with E-state index < -0.39 is 5.78 Å². The molecule has 1 aromatic rings. The molecule has 0 aromatic heterocycles. The number of rotatable bonds is 1. The number of nitrogens with zero attached hydrogens (tertiary/aromatic N) is 1. The van der Waals surface area contributed by atoms with Gasteiger partial charge in [0.25, 0.3) is 5.78 Å². The zero-order chi connectivity index (χ0) is 11.7. The Balaban J connectivity index is 3.69. The molecule has 0 heterocycles. The first-order chi connectivity index (χ1) is 6.91. The molecular weight excluding hydrogens is 186 g/mol. The molecule has 15 heavy (non-hydrogen) atoms. The Hall–Kier alpha value is -1.62. The molecule has 0 spiro atoms. The van der Waals surface area contributed by atoms with Crippen LogP contribution < -0.4 is 0 Å². The van der Waals surface area contributed by atoms with E-state index in [9.17, 15) is 4.79 Å². The van der Waals surface area contributed by atoms with Gasteiger partial charge in [-0.1, -0.05) is 0 Å². The van der Waals surface area contributed by atoms with Crippen molar-refractivity contribution in [1.29, 1.82) is 5.26 Å². The van der Waals surface area contributed by atoms with Crippen LogP contribution in [0.4, 0.5) is 0 Å². The largest absolute Gasteiger partial charge is 0.277 e. The lowest BCUT2D eigenvalue weighted by Crippen LogP contribution is -2.07. The summed E-state index contributed by atoms with van der Waals surface area (Å²) in [6.07, 6.45) is 0. The minimum absolute atomic E-state index is 0.434. The van der Waals surface area contributed by atoms with Gasteiger partial charge in [-0.15, -0.1) is 0 Å². The van der Waals surface area contributed by atoms with Crippen LogP contribution in [0.3, 0.4) is 0 Å². The Morgan fingerprint density at radius 1 is 0.867 bits per heavy atom. The molecule has 0 atom stereocenters. The van der Waals surface area contributed by atoms with Crippen molar-refractivity contribution < 1.29 is 4.79 Å². The van der Waals surface area contributed by atoms with Crippen molar-refractivity contribution in [1.82, 2.24) is 0 Å². The maximum atomic E-state index is 11.5. The summed E-state index contributed by atoms with van der Waals surface area (Å²) >= 11 is 0. The summed E-state index contributed by atoms with van der Waals surface area (Å²) in [5.74, 6) is -0.434. The van der Waals surface area contributed by atoms with Gasteiger partial charge in [0.15, 0.2) is 0 Å². The average Bonchev–Trinajstić information content (AvgIpc) is 2.23. The first kappa shape index (κ1) is 11.5. The molecule has 0 aliphatic rings. The molecule has 0 saturated heterocycles. The lowest BCUT2D eigenvalue weighted by atomic mass is 9.88. The van der Waals surface area contributed by atoms with Gasteiger partial charge >= 0.3 is 0 Å². The van der Waals surface area contributed by atoms with Gasteiger partial charge in [0.2, 0.25) is 0 Å². The van der Waals surface area contributed by atoms with Crippen molar-refractivity contribution in [3.8, 4) is 6.07 Å². The van der Waals surface area contributed by atoms with Crippen LogP contribution in [0.5, 0.6) is 0 Å². The molecule has 0 amide bonds. The molecule has 2 heteroatoms. The molecule has 78 valence electrons. The molecule has 0 radical (unpaired) electrons. The van der Waals surface area contributed by atoms with E-state index in [1.54, 1.807) is 6.07 Å². The Labute approximate surface area is 90.5 Å². The molecule has 1 rings (SSSR count). The van der Waals surface area contributed by atoms with Gasteiger partial charge in [-0.25, -0.2) is 0 Å². The third kappa shape index (κ3) is 1.66. The van der Waals surface area contributed by atoms with E-state index in [1.807, 2.05) is 34.6 Å². The quantitative estimate of drug-likeness (QED) is 0.517. The fourth-order valence-electron chi connectivity index (χ4n) is 1.90. The summed E-state index contributed by atoms with van der Waals surface area (Å²) in [6.45, 7) is 9.83. The number of hydrogen-bond acceptors (Lipinski definition) is 2. The van der Waals surface area contributed by atoms with Crippen LogP contribution in [0.15, 0.2) is 0 Å². The van der Waals surface area contributed by atoms with E-state index in [-0.39, 0.29) is 0 Å². The zero-order valence-electron chi connectivity index (χ0n) is 9.86. The molecule has 2 nitrogen and oxygen atoms in total. The first-order valence-electron chi connectivity index (χ1n) is 4.93. The summed E-state index contributed by atoms with van der Waals surface area (Å²) in [5.41, 5.74) is 5.87. The highest BCUT2D eigenvalue weighted by atomic mass is 16.1. The van der Waals surface area contributed by atoms with Gasteiger partial charge in [0.1, 0.15) is 6.07 Å². The second-order valence-corrected chi connectivity index (χ2v) is 3.94. The second-order valence-electron chi connectivity index (χ2n) is 3.94. The maximum Gasteiger partial charge on any atom is 0.262 e. The third-order valence-corrected chi connectivity index (χ3v) is 3.33. The Morgan fingerprint density at radius 3 is 1.53 bits per heavy atom. The SMILES string of the molecule is Cc1c(C)c(C)c(C(=O)C#N)c(C)c1C. The summed E-state index contributed by atoms with van der Waals surface area (Å²) in [5, 5.41) is 8.69. The van der Waals surface area contributed by atoms with Crippen LogP contribution in [0, 0.1) is 45.9 Å². The maximum absolute atomic E-state index is 11.5. The highest BCUT2D eigenvalue weighted by molar-refractivity contribution is 6.09. The van der Waals surface area contributed by atoms with Gasteiger partial charge in [0, 0.05) is 5.56 Å². The third-order valence-electron chi connectivity index (χ3n) is 3.33. The van der Waals surface area contributed by atoms with Crippen LogP contribution >= 0.6 is 0 Å². The molecular formula is C13H15NO. The fraction of sp³-hybridized carbons (Fsp3) is 0.385. The van der Waals surface area contributed by atoms with Crippen molar-refractivity contribution in [3.05, 3.63) is 33.4 Å². The molecule has 0 aliphatic carbocycles. The fourth-order valence-corrected chi connectivity index (χ4v) is 1.90. The van der Waals surface area contributed by atoms with Gasteiger partial charge in [-0.05, 0) is 62.4 Å². The van der Waals surface area contributed by atoms with Crippen LogP contribution in [0.2, 0.25) is 0 Å². The van der Waals surface area contributed by atoms with Crippen LogP contribution in [0.25, 0.3) is 0 Å². The normalized spacial score (nSPS) is 9.87. The minimum atomic E-state index is -0.434. The van der Waals surface area contributed by atoms with E-state index in [4.69, 9.17) is 5.26 Å². The molecule has 0 aliphatic heterocycles. The Morgan fingerprint density at radius 2 is 1.20 bits per heavy atom. The van der Waals surface area contributed by atoms with Crippen LogP contribution in [-0.2, 0) is 0 Å². The Kier molecular flexibility index (Phi) is 2.95. The van der Waals surface area contributed by atoms with Gasteiger partial charge in [0.05, 0.1) is 0 Å². The van der Waals surface area contributed by atoms with E-state index >= 15 is 0 Å². The van der Waals surface area contributed by atoms with Crippen LogP contribution in [-0.4, -0.2) is 5.78 Å². The van der Waals surface area contributed by atoms with Crippen LogP contribution in [0.1, 0.15) is 38.2 Å². The number of carbonyl (C=O) groups excluding carboxylic acids is 1. The van der Waals surface area contributed by atoms with Crippen molar-refractivity contribution in [2.75, 3.05) is 0 Å². The molecule has 0 bridgehead atoms. The van der Waals surface area contributed by atoms with E-state index in [1.165, 1.54) is 5.56 Å². The molecule has 0 fully saturated rings. The van der Waals surface area contributed by atoms with Gasteiger partial charge < -0.3 is 0 Å². The monoisotopic (exact) mass is 201 g/mol. The number of benzene rings is 1. The molecule has 0 saturated carbocycles. The van der Waals surface area contributed by atoms with E-state index in [0.717, 1.165) is 22.3 Å². The molecule has 1 aromatic carbocycles. The number of Topliss-reactive ketones (excluding diaryl/α,β-unsaturated/α-hetero) is 1. The van der Waals surface area contributed by atoms with Gasteiger partial charge in [-0.2, -0.15) is 5.26 Å². The lowest BCUT2D eigenvalue weighted by Gasteiger charge is -2.15. The summed E-state index contributed by atoms with van der Waals surface area (Å²) < 4.78 is 0. The van der Waals surface area contributed by atoms with E-state index in [0.29, 0.717) is 5.56 Å². The predicted octanol–water partition coefficient (Wildman–Crippen LogP) is 2.93. The highest BCUT2D eigenvalue weighted by Gasteiger charge is 2.17. The van der Waals surface area contributed by atoms with Crippen molar-refractivity contribution in [2.24, 2.45) is 0 Å². The Bertz CT molecular complexity index is 449. The minimum Gasteiger partial charge on any atom is -0.277 e. The lowest BCUT2D eigenvalue weighted by molar-refractivity contribution is 0.105. The number of ketones is 1. The number of carbonyl (C=O) groups is 1.